The molecule has 3 rings (SSSR count). The number of nitrogens with one attached hydrogen (secondary N) is 2. The van der Waals surface area contributed by atoms with Crippen molar-refractivity contribution >= 4 is 17.7 Å². The highest BCUT2D eigenvalue weighted by Gasteiger charge is 2.26. The first-order valence-electron chi connectivity index (χ1n) is 9.53. The van der Waals surface area contributed by atoms with Gasteiger partial charge in [-0.05, 0) is 42.2 Å². The molecule has 0 radical (unpaired) electrons. The van der Waals surface area contributed by atoms with Gasteiger partial charge < -0.3 is 25.2 Å². The molecule has 2 aromatic rings. The maximum absolute atomic E-state index is 12.1. The van der Waals surface area contributed by atoms with Gasteiger partial charge in [0.05, 0.1) is 26.1 Å². The molecular formula is C21H25N3O5. The molecule has 1 aliphatic rings. The van der Waals surface area contributed by atoms with Crippen LogP contribution in [-0.4, -0.2) is 42.2 Å². The number of aliphatic carboxylic acids is 1. The number of amides is 1. The molecule has 8 heteroatoms. The number of ether oxygens (including phenoxy) is 2. The van der Waals surface area contributed by atoms with E-state index in [9.17, 15) is 9.59 Å². The van der Waals surface area contributed by atoms with Crippen LogP contribution < -0.4 is 20.1 Å². The van der Waals surface area contributed by atoms with Crippen molar-refractivity contribution in [2.24, 2.45) is 5.92 Å². The SMILES string of the molecule is COc1ccnc(NCCCOc2ccc3c(c2)CNC(=O)C(CC(=O)O)C3)c1. The number of carbonyl (C=O) groups excluding carboxylic acids is 1. The number of hydrogen-bond donors (Lipinski definition) is 3. The summed E-state index contributed by atoms with van der Waals surface area (Å²) < 4.78 is 11.0. The summed E-state index contributed by atoms with van der Waals surface area (Å²) in [6, 6.07) is 9.32. The molecule has 2 heterocycles. The lowest BCUT2D eigenvalue weighted by molar-refractivity contribution is -0.141. The molecule has 0 saturated heterocycles. The van der Waals surface area contributed by atoms with E-state index in [1.807, 2.05) is 24.3 Å². The fraction of sp³-hybridized carbons (Fsp3) is 0.381. The largest absolute Gasteiger partial charge is 0.497 e. The number of pyridine rings is 1. The normalized spacial score (nSPS) is 15.6. The van der Waals surface area contributed by atoms with E-state index in [0.717, 1.165) is 34.9 Å². The van der Waals surface area contributed by atoms with Crippen molar-refractivity contribution in [2.75, 3.05) is 25.6 Å². The van der Waals surface area contributed by atoms with Crippen LogP contribution in [0, 0.1) is 5.92 Å². The van der Waals surface area contributed by atoms with Gasteiger partial charge in [-0.2, -0.15) is 0 Å². The fourth-order valence-electron chi connectivity index (χ4n) is 3.23. The third-order valence-electron chi connectivity index (χ3n) is 4.75. The Morgan fingerprint density at radius 2 is 2.14 bits per heavy atom. The molecule has 1 atom stereocenters. The van der Waals surface area contributed by atoms with Gasteiger partial charge in [0, 0.05) is 25.4 Å². The maximum atomic E-state index is 12.1. The highest BCUT2D eigenvalue weighted by atomic mass is 16.5. The van der Waals surface area contributed by atoms with Crippen LogP contribution in [0.4, 0.5) is 5.82 Å². The summed E-state index contributed by atoms with van der Waals surface area (Å²) in [5.74, 6) is 0.503. The second kappa shape index (κ2) is 9.77. The van der Waals surface area contributed by atoms with Crippen LogP contribution in [-0.2, 0) is 22.6 Å². The monoisotopic (exact) mass is 399 g/mol. The molecule has 1 aromatic heterocycles. The number of carboxylic acid groups (broad SMARTS) is 1. The Balaban J connectivity index is 1.49. The van der Waals surface area contributed by atoms with Crippen LogP contribution in [0.2, 0.25) is 0 Å². The first-order chi connectivity index (χ1) is 14.0. The number of methoxy groups -OCH3 is 1. The summed E-state index contributed by atoms with van der Waals surface area (Å²) in [5.41, 5.74) is 1.94. The Morgan fingerprint density at radius 3 is 2.93 bits per heavy atom. The van der Waals surface area contributed by atoms with Crippen molar-refractivity contribution in [3.63, 3.8) is 0 Å². The van der Waals surface area contributed by atoms with Crippen molar-refractivity contribution in [3.05, 3.63) is 47.7 Å². The Hall–Kier alpha value is -3.29. The summed E-state index contributed by atoms with van der Waals surface area (Å²) >= 11 is 0. The number of carbonyl (C=O) groups is 2. The van der Waals surface area contributed by atoms with Crippen molar-refractivity contribution < 1.29 is 24.2 Å². The number of nitrogens with zero attached hydrogens (tertiary/aromatic N) is 1. The van der Waals surface area contributed by atoms with Gasteiger partial charge >= 0.3 is 5.97 Å². The molecule has 154 valence electrons. The molecule has 0 fully saturated rings. The molecule has 0 saturated carbocycles. The van der Waals surface area contributed by atoms with Crippen molar-refractivity contribution in [2.45, 2.75) is 25.8 Å². The summed E-state index contributed by atoms with van der Waals surface area (Å²) in [5, 5.41) is 15.0. The predicted molar refractivity (Wildman–Crippen MR) is 107 cm³/mol. The van der Waals surface area contributed by atoms with Crippen molar-refractivity contribution in [1.82, 2.24) is 10.3 Å². The standard InChI is InChI=1S/C21H25N3O5/c1-28-17-5-7-23-19(12-17)22-6-2-8-29-18-4-3-14-9-15(11-20(25)26)21(27)24-13-16(14)10-18/h3-5,7,10,12,15H,2,6,8-9,11,13H2,1H3,(H,22,23)(H,24,27)(H,25,26). The molecule has 1 unspecified atom stereocenters. The predicted octanol–water partition coefficient (Wildman–Crippen LogP) is 2.23. The van der Waals surface area contributed by atoms with Crippen LogP contribution in [0.3, 0.4) is 0 Å². The fourth-order valence-corrected chi connectivity index (χ4v) is 3.23. The Bertz CT molecular complexity index is 871. The zero-order valence-corrected chi connectivity index (χ0v) is 16.3. The number of benzene rings is 1. The minimum absolute atomic E-state index is 0.168. The number of carboxylic acids is 1. The van der Waals surface area contributed by atoms with Crippen LogP contribution in [0.15, 0.2) is 36.5 Å². The van der Waals surface area contributed by atoms with Crippen molar-refractivity contribution in [3.8, 4) is 11.5 Å². The molecule has 29 heavy (non-hydrogen) atoms. The zero-order chi connectivity index (χ0) is 20.6. The Labute approximate surface area is 169 Å². The van der Waals surface area contributed by atoms with Gasteiger partial charge in [-0.3, -0.25) is 9.59 Å². The average molecular weight is 399 g/mol. The lowest BCUT2D eigenvalue weighted by Gasteiger charge is -2.12. The smallest absolute Gasteiger partial charge is 0.304 e. The molecule has 0 aliphatic carbocycles. The Kier molecular flexibility index (Phi) is 6.89. The molecule has 1 amide bonds. The summed E-state index contributed by atoms with van der Waals surface area (Å²) in [4.78, 5) is 27.3. The van der Waals surface area contributed by atoms with Crippen molar-refractivity contribution in [1.29, 1.82) is 0 Å². The van der Waals surface area contributed by atoms with E-state index in [2.05, 4.69) is 15.6 Å². The number of rotatable bonds is 9. The molecule has 0 spiro atoms. The second-order valence-corrected chi connectivity index (χ2v) is 6.86. The number of aromatic nitrogens is 1. The highest BCUT2D eigenvalue weighted by molar-refractivity contribution is 5.84. The van der Waals surface area contributed by atoms with Gasteiger partial charge in [-0.15, -0.1) is 0 Å². The molecular weight excluding hydrogens is 374 g/mol. The quantitative estimate of drug-likeness (QED) is 0.555. The summed E-state index contributed by atoms with van der Waals surface area (Å²) in [7, 11) is 1.62. The van der Waals surface area contributed by atoms with E-state index < -0.39 is 11.9 Å². The van der Waals surface area contributed by atoms with Crippen LogP contribution >= 0.6 is 0 Å². The molecule has 3 N–H and O–H groups in total. The van der Waals surface area contributed by atoms with E-state index >= 15 is 0 Å². The van der Waals surface area contributed by atoms with Crippen LogP contribution in [0.25, 0.3) is 0 Å². The van der Waals surface area contributed by atoms with Gasteiger partial charge in [0.2, 0.25) is 5.91 Å². The lowest BCUT2D eigenvalue weighted by Crippen LogP contribution is -2.30. The zero-order valence-electron chi connectivity index (χ0n) is 16.3. The van der Waals surface area contributed by atoms with E-state index in [0.29, 0.717) is 26.1 Å². The second-order valence-electron chi connectivity index (χ2n) is 6.86. The van der Waals surface area contributed by atoms with Gasteiger partial charge in [-0.25, -0.2) is 4.98 Å². The maximum Gasteiger partial charge on any atom is 0.304 e. The number of fused-ring (bicyclic) bond motifs is 1. The van der Waals surface area contributed by atoms with Gasteiger partial charge in [0.25, 0.3) is 0 Å². The van der Waals surface area contributed by atoms with Gasteiger partial charge in [0.1, 0.15) is 17.3 Å². The first-order valence-corrected chi connectivity index (χ1v) is 9.53. The molecule has 1 aliphatic heterocycles. The summed E-state index contributed by atoms with van der Waals surface area (Å²) in [6.07, 6.45) is 2.73. The average Bonchev–Trinajstić information content (AvgIpc) is 2.86. The molecule has 0 bridgehead atoms. The Morgan fingerprint density at radius 1 is 1.28 bits per heavy atom. The molecule has 1 aromatic carbocycles. The van der Waals surface area contributed by atoms with E-state index in [4.69, 9.17) is 14.6 Å². The third-order valence-corrected chi connectivity index (χ3v) is 4.75. The van der Waals surface area contributed by atoms with E-state index in [-0.39, 0.29) is 12.3 Å². The topological polar surface area (TPSA) is 110 Å². The minimum Gasteiger partial charge on any atom is -0.497 e. The third kappa shape index (κ3) is 5.84. The van der Waals surface area contributed by atoms with Gasteiger partial charge in [-0.1, -0.05) is 6.07 Å². The summed E-state index contributed by atoms with van der Waals surface area (Å²) in [6.45, 7) is 1.62. The number of anilines is 1. The minimum atomic E-state index is -0.966. The van der Waals surface area contributed by atoms with E-state index in [1.54, 1.807) is 19.4 Å². The van der Waals surface area contributed by atoms with Crippen LogP contribution in [0.5, 0.6) is 11.5 Å². The molecule has 8 nitrogen and oxygen atoms in total. The number of hydrogen-bond acceptors (Lipinski definition) is 6. The highest BCUT2D eigenvalue weighted by Crippen LogP contribution is 2.25. The van der Waals surface area contributed by atoms with Crippen LogP contribution in [0.1, 0.15) is 24.0 Å². The van der Waals surface area contributed by atoms with E-state index in [1.165, 1.54) is 0 Å². The lowest BCUT2D eigenvalue weighted by atomic mass is 9.94. The van der Waals surface area contributed by atoms with Gasteiger partial charge in [0.15, 0.2) is 0 Å². The first kappa shape index (κ1) is 20.4.